The smallest absolute Gasteiger partial charge is 0.321 e. The summed E-state index contributed by atoms with van der Waals surface area (Å²) in [5, 5.41) is 13.6. The highest BCUT2D eigenvalue weighted by Crippen LogP contribution is 2.35. The van der Waals surface area contributed by atoms with E-state index in [-0.39, 0.29) is 11.9 Å². The Morgan fingerprint density at radius 2 is 1.87 bits per heavy atom. The van der Waals surface area contributed by atoms with Crippen LogP contribution in [0.4, 0.5) is 4.39 Å². The topological polar surface area (TPSA) is 65.1 Å². The van der Waals surface area contributed by atoms with Crippen molar-refractivity contribution in [2.24, 2.45) is 0 Å². The van der Waals surface area contributed by atoms with E-state index < -0.39 is 12.0 Å². The molecule has 5 heteroatoms. The van der Waals surface area contributed by atoms with Crippen molar-refractivity contribution in [3.8, 4) is 0 Å². The maximum atomic E-state index is 13.2. The van der Waals surface area contributed by atoms with E-state index in [9.17, 15) is 14.3 Å². The first-order chi connectivity index (χ1) is 11.1. The second-order valence-corrected chi connectivity index (χ2v) is 5.81. The van der Waals surface area contributed by atoms with Gasteiger partial charge in [-0.25, -0.2) is 4.39 Å². The Kier molecular flexibility index (Phi) is 3.16. The molecule has 1 unspecified atom stereocenters. The zero-order valence-corrected chi connectivity index (χ0v) is 12.2. The first kappa shape index (κ1) is 14.0. The Bertz CT molecular complexity index is 886. The molecule has 0 saturated carbocycles. The summed E-state index contributed by atoms with van der Waals surface area (Å²) >= 11 is 0. The van der Waals surface area contributed by atoms with Crippen LogP contribution in [0.15, 0.2) is 48.5 Å². The zero-order valence-electron chi connectivity index (χ0n) is 12.2. The van der Waals surface area contributed by atoms with Crippen molar-refractivity contribution in [3.63, 3.8) is 0 Å². The summed E-state index contributed by atoms with van der Waals surface area (Å²) in [7, 11) is 0. The van der Waals surface area contributed by atoms with Gasteiger partial charge in [-0.3, -0.25) is 10.1 Å². The lowest BCUT2D eigenvalue weighted by Gasteiger charge is -2.29. The Hall–Kier alpha value is -2.66. The molecule has 0 amide bonds. The molecule has 1 aromatic heterocycles. The van der Waals surface area contributed by atoms with E-state index in [1.807, 2.05) is 24.3 Å². The van der Waals surface area contributed by atoms with E-state index in [1.54, 1.807) is 12.1 Å². The number of aromatic nitrogens is 1. The van der Waals surface area contributed by atoms with Crippen LogP contribution in [0.3, 0.4) is 0 Å². The zero-order chi connectivity index (χ0) is 16.0. The number of rotatable bonds is 2. The van der Waals surface area contributed by atoms with Crippen molar-refractivity contribution in [2.75, 3.05) is 0 Å². The number of fused-ring (bicyclic) bond motifs is 3. The number of carbonyl (C=O) groups is 1. The van der Waals surface area contributed by atoms with Gasteiger partial charge < -0.3 is 10.1 Å². The number of carboxylic acids is 1. The summed E-state index contributed by atoms with van der Waals surface area (Å²) < 4.78 is 13.2. The van der Waals surface area contributed by atoms with Gasteiger partial charge in [0.05, 0.1) is 6.04 Å². The van der Waals surface area contributed by atoms with E-state index in [2.05, 4.69) is 10.3 Å². The number of hydrogen-bond acceptors (Lipinski definition) is 2. The van der Waals surface area contributed by atoms with Crippen LogP contribution in [0.1, 0.15) is 22.9 Å². The highest BCUT2D eigenvalue weighted by molar-refractivity contribution is 5.87. The van der Waals surface area contributed by atoms with Crippen LogP contribution in [-0.2, 0) is 11.2 Å². The lowest BCUT2D eigenvalue weighted by atomic mass is 9.90. The molecule has 4 nitrogen and oxygen atoms in total. The first-order valence-corrected chi connectivity index (χ1v) is 7.47. The monoisotopic (exact) mass is 310 g/mol. The van der Waals surface area contributed by atoms with Crippen LogP contribution >= 0.6 is 0 Å². The Balaban J connectivity index is 1.89. The van der Waals surface area contributed by atoms with Crippen molar-refractivity contribution < 1.29 is 14.3 Å². The second-order valence-electron chi connectivity index (χ2n) is 5.81. The van der Waals surface area contributed by atoms with Gasteiger partial charge in [-0.1, -0.05) is 30.3 Å². The van der Waals surface area contributed by atoms with Crippen LogP contribution in [0.2, 0.25) is 0 Å². The van der Waals surface area contributed by atoms with Crippen molar-refractivity contribution in [1.82, 2.24) is 10.3 Å². The average molecular weight is 310 g/mol. The number of para-hydroxylation sites is 1. The molecule has 3 N–H and O–H groups in total. The minimum Gasteiger partial charge on any atom is -0.480 e. The molecule has 23 heavy (non-hydrogen) atoms. The third-order valence-corrected chi connectivity index (χ3v) is 4.41. The summed E-state index contributed by atoms with van der Waals surface area (Å²) in [6.07, 6.45) is 0.423. The Morgan fingerprint density at radius 1 is 1.13 bits per heavy atom. The largest absolute Gasteiger partial charge is 0.480 e. The Morgan fingerprint density at radius 3 is 2.61 bits per heavy atom. The van der Waals surface area contributed by atoms with Gasteiger partial charge in [-0.2, -0.15) is 0 Å². The van der Waals surface area contributed by atoms with Crippen LogP contribution in [0, 0.1) is 5.82 Å². The van der Waals surface area contributed by atoms with E-state index in [4.69, 9.17) is 0 Å². The van der Waals surface area contributed by atoms with E-state index >= 15 is 0 Å². The van der Waals surface area contributed by atoms with Crippen molar-refractivity contribution in [2.45, 2.75) is 18.5 Å². The lowest BCUT2D eigenvalue weighted by molar-refractivity contribution is -0.139. The number of hydrogen-bond donors (Lipinski definition) is 3. The second kappa shape index (κ2) is 5.21. The third kappa shape index (κ3) is 2.29. The molecule has 2 heterocycles. The number of nitrogens with one attached hydrogen (secondary N) is 2. The maximum absolute atomic E-state index is 13.2. The highest BCUT2D eigenvalue weighted by atomic mass is 19.1. The average Bonchev–Trinajstić information content (AvgIpc) is 2.93. The highest BCUT2D eigenvalue weighted by Gasteiger charge is 2.33. The summed E-state index contributed by atoms with van der Waals surface area (Å²) in [5.74, 6) is -1.19. The number of aromatic amines is 1. The predicted molar refractivity (Wildman–Crippen MR) is 84.8 cm³/mol. The summed E-state index contributed by atoms with van der Waals surface area (Å²) in [4.78, 5) is 14.9. The minimum atomic E-state index is -0.881. The summed E-state index contributed by atoms with van der Waals surface area (Å²) in [6.45, 7) is 0. The molecule has 0 spiro atoms. The molecular weight excluding hydrogens is 295 g/mol. The van der Waals surface area contributed by atoms with Crippen molar-refractivity contribution >= 4 is 16.9 Å². The third-order valence-electron chi connectivity index (χ3n) is 4.41. The summed E-state index contributed by atoms with van der Waals surface area (Å²) in [5.41, 5.74) is 3.79. The molecule has 0 radical (unpaired) electrons. The maximum Gasteiger partial charge on any atom is 0.321 e. The molecule has 116 valence electrons. The number of halogens is 1. The molecule has 3 aromatic rings. The Labute approximate surface area is 132 Å². The standard InChI is InChI=1S/C18H15FN2O2/c19-11-7-5-10(6-8-11)16-17-13(9-15(21-16)18(22)23)12-3-1-2-4-14(12)20-17/h1-8,15-16,20-21H,9H2,(H,22,23)/t15-,16?/m0/s1. The molecule has 4 rings (SSSR count). The molecule has 2 atom stereocenters. The number of carboxylic acid groups (broad SMARTS) is 1. The molecule has 0 bridgehead atoms. The fraction of sp³-hybridized carbons (Fsp3) is 0.167. The molecule has 0 fully saturated rings. The molecule has 0 aliphatic carbocycles. The van der Waals surface area contributed by atoms with Gasteiger partial charge >= 0.3 is 5.97 Å². The van der Waals surface area contributed by atoms with Crippen molar-refractivity contribution in [1.29, 1.82) is 0 Å². The SMILES string of the molecule is O=C(O)[C@@H]1Cc2c([nH]c3ccccc23)C(c2ccc(F)cc2)N1. The lowest BCUT2D eigenvalue weighted by Crippen LogP contribution is -2.44. The molecule has 2 aromatic carbocycles. The molecule has 0 saturated heterocycles. The van der Waals surface area contributed by atoms with Gasteiger partial charge in [-0.15, -0.1) is 0 Å². The number of aliphatic carboxylic acids is 1. The van der Waals surface area contributed by atoms with Crippen LogP contribution < -0.4 is 5.32 Å². The van der Waals surface area contributed by atoms with Gasteiger partial charge in [-0.05, 0) is 29.3 Å². The van der Waals surface area contributed by atoms with Gasteiger partial charge in [0.25, 0.3) is 0 Å². The van der Waals surface area contributed by atoms with Gasteiger partial charge in [0.1, 0.15) is 11.9 Å². The molecular formula is C18H15FN2O2. The van der Waals surface area contributed by atoms with E-state index in [0.29, 0.717) is 6.42 Å². The molecule has 1 aliphatic heterocycles. The van der Waals surface area contributed by atoms with Gasteiger partial charge in [0.2, 0.25) is 0 Å². The van der Waals surface area contributed by atoms with E-state index in [0.717, 1.165) is 27.7 Å². The first-order valence-electron chi connectivity index (χ1n) is 7.47. The summed E-state index contributed by atoms with van der Waals surface area (Å²) in [6, 6.07) is 13.1. The fourth-order valence-electron chi connectivity index (χ4n) is 3.31. The van der Waals surface area contributed by atoms with Crippen LogP contribution in [0.25, 0.3) is 10.9 Å². The van der Waals surface area contributed by atoms with E-state index in [1.165, 1.54) is 12.1 Å². The molecule has 1 aliphatic rings. The van der Waals surface area contributed by atoms with Gasteiger partial charge in [0, 0.05) is 23.0 Å². The predicted octanol–water partition coefficient (Wildman–Crippen LogP) is 3.00. The number of H-pyrrole nitrogens is 1. The fourth-order valence-corrected chi connectivity index (χ4v) is 3.31. The normalized spacial score (nSPS) is 20.4. The minimum absolute atomic E-state index is 0.298. The quantitative estimate of drug-likeness (QED) is 0.682. The van der Waals surface area contributed by atoms with Crippen molar-refractivity contribution in [3.05, 3.63) is 71.2 Å². The number of benzene rings is 2. The van der Waals surface area contributed by atoms with Gasteiger partial charge in [0.15, 0.2) is 0 Å². The van der Waals surface area contributed by atoms with Crippen LogP contribution in [0.5, 0.6) is 0 Å². The van der Waals surface area contributed by atoms with Crippen LogP contribution in [-0.4, -0.2) is 22.1 Å².